The van der Waals surface area contributed by atoms with E-state index in [4.69, 9.17) is 5.11 Å². The first-order chi connectivity index (χ1) is 9.52. The number of benzene rings is 1. The van der Waals surface area contributed by atoms with Crippen LogP contribution in [-0.2, 0) is 19.1 Å². The summed E-state index contributed by atoms with van der Waals surface area (Å²) in [5.74, 6) is -2.59. The molecule has 1 aromatic rings. The minimum Gasteiger partial charge on any atom is -0.480 e. The van der Waals surface area contributed by atoms with E-state index in [1.165, 1.54) is 6.08 Å². The van der Waals surface area contributed by atoms with Gasteiger partial charge in [-0.05, 0) is 11.6 Å². The van der Waals surface area contributed by atoms with Gasteiger partial charge in [0.2, 0.25) is 5.91 Å². The summed E-state index contributed by atoms with van der Waals surface area (Å²) >= 11 is 0. The summed E-state index contributed by atoms with van der Waals surface area (Å²) in [5, 5.41) is 11.1. The topological polar surface area (TPSA) is 92.7 Å². The summed E-state index contributed by atoms with van der Waals surface area (Å²) in [7, 11) is 1.15. The first-order valence-electron chi connectivity index (χ1n) is 5.86. The number of carboxylic acid groups (broad SMARTS) is 1. The molecule has 1 unspecified atom stereocenters. The minimum absolute atomic E-state index is 0.420. The van der Waals surface area contributed by atoms with Gasteiger partial charge in [-0.15, -0.1) is 0 Å². The highest BCUT2D eigenvalue weighted by Crippen LogP contribution is 2.01. The number of hydrogen-bond acceptors (Lipinski definition) is 4. The first kappa shape index (κ1) is 15.4. The van der Waals surface area contributed by atoms with Crippen molar-refractivity contribution in [1.29, 1.82) is 0 Å². The second-order valence-corrected chi connectivity index (χ2v) is 3.92. The van der Waals surface area contributed by atoms with Gasteiger partial charge in [0, 0.05) is 6.08 Å². The van der Waals surface area contributed by atoms with Crippen LogP contribution >= 0.6 is 0 Å². The number of carboxylic acids is 1. The van der Waals surface area contributed by atoms with Crippen LogP contribution in [0.3, 0.4) is 0 Å². The molecule has 6 nitrogen and oxygen atoms in total. The molecule has 0 saturated carbocycles. The Kier molecular flexibility index (Phi) is 5.96. The highest BCUT2D eigenvalue weighted by molar-refractivity contribution is 5.95. The molecule has 0 heterocycles. The molecule has 0 saturated heterocycles. The molecule has 1 aromatic carbocycles. The van der Waals surface area contributed by atoms with Gasteiger partial charge in [0.15, 0.2) is 0 Å². The number of ether oxygens (including phenoxy) is 1. The van der Waals surface area contributed by atoms with Crippen LogP contribution < -0.4 is 5.32 Å². The Hall–Kier alpha value is -2.63. The number of esters is 1. The van der Waals surface area contributed by atoms with Crippen molar-refractivity contribution in [2.45, 2.75) is 12.5 Å². The molecule has 0 aliphatic rings. The predicted molar refractivity (Wildman–Crippen MR) is 71.7 cm³/mol. The first-order valence-corrected chi connectivity index (χ1v) is 5.86. The predicted octanol–water partition coefficient (Wildman–Crippen LogP) is 0.832. The summed E-state index contributed by atoms with van der Waals surface area (Å²) in [6.45, 7) is 0. The van der Waals surface area contributed by atoms with Crippen LogP contribution in [0.2, 0.25) is 0 Å². The van der Waals surface area contributed by atoms with Crippen molar-refractivity contribution in [3.8, 4) is 0 Å². The highest BCUT2D eigenvalue weighted by Gasteiger charge is 2.22. The lowest BCUT2D eigenvalue weighted by Gasteiger charge is -2.11. The van der Waals surface area contributed by atoms with Crippen molar-refractivity contribution in [2.75, 3.05) is 7.11 Å². The smallest absolute Gasteiger partial charge is 0.326 e. The van der Waals surface area contributed by atoms with E-state index in [9.17, 15) is 14.4 Å². The van der Waals surface area contributed by atoms with Gasteiger partial charge in [0.1, 0.15) is 6.04 Å². The lowest BCUT2D eigenvalue weighted by atomic mass is 10.2. The molecule has 20 heavy (non-hydrogen) atoms. The zero-order chi connectivity index (χ0) is 15.0. The summed E-state index contributed by atoms with van der Waals surface area (Å²) < 4.78 is 4.37. The molecule has 0 radical (unpaired) electrons. The van der Waals surface area contributed by atoms with Crippen LogP contribution in [0, 0.1) is 0 Å². The van der Waals surface area contributed by atoms with E-state index in [-0.39, 0.29) is 0 Å². The van der Waals surface area contributed by atoms with Crippen LogP contribution in [-0.4, -0.2) is 36.1 Å². The number of carbonyl (C=O) groups excluding carboxylic acids is 2. The number of nitrogens with one attached hydrogen (secondary N) is 1. The monoisotopic (exact) mass is 277 g/mol. The van der Waals surface area contributed by atoms with Crippen molar-refractivity contribution in [3.63, 3.8) is 0 Å². The van der Waals surface area contributed by atoms with E-state index in [1.807, 2.05) is 18.2 Å². The van der Waals surface area contributed by atoms with E-state index in [1.54, 1.807) is 18.2 Å². The van der Waals surface area contributed by atoms with Gasteiger partial charge in [-0.2, -0.15) is 0 Å². The lowest BCUT2D eigenvalue weighted by molar-refractivity contribution is -0.148. The second-order valence-electron chi connectivity index (χ2n) is 3.92. The third-order valence-electron chi connectivity index (χ3n) is 2.44. The number of carbonyl (C=O) groups is 3. The van der Waals surface area contributed by atoms with Crippen LogP contribution in [0.25, 0.3) is 6.08 Å². The SMILES string of the molecule is COC(=O)CC(NC(=O)C=Cc1ccccc1)C(=O)O. The van der Waals surface area contributed by atoms with E-state index in [2.05, 4.69) is 10.1 Å². The van der Waals surface area contributed by atoms with Gasteiger partial charge < -0.3 is 15.2 Å². The number of amides is 1. The maximum absolute atomic E-state index is 11.6. The molecule has 1 atom stereocenters. The van der Waals surface area contributed by atoms with E-state index >= 15 is 0 Å². The number of hydrogen-bond donors (Lipinski definition) is 2. The maximum Gasteiger partial charge on any atom is 0.326 e. The third-order valence-corrected chi connectivity index (χ3v) is 2.44. The molecule has 0 aliphatic heterocycles. The quantitative estimate of drug-likeness (QED) is 0.593. The van der Waals surface area contributed by atoms with Crippen molar-refractivity contribution in [3.05, 3.63) is 42.0 Å². The van der Waals surface area contributed by atoms with E-state index in [0.717, 1.165) is 12.7 Å². The molecule has 106 valence electrons. The van der Waals surface area contributed by atoms with Crippen LogP contribution in [0.15, 0.2) is 36.4 Å². The molecule has 1 rings (SSSR count). The minimum atomic E-state index is -1.31. The van der Waals surface area contributed by atoms with Crippen molar-refractivity contribution in [2.24, 2.45) is 0 Å². The van der Waals surface area contributed by atoms with Gasteiger partial charge in [-0.1, -0.05) is 30.3 Å². The number of rotatable bonds is 6. The lowest BCUT2D eigenvalue weighted by Crippen LogP contribution is -2.41. The molecule has 6 heteroatoms. The Balaban J connectivity index is 2.60. The Labute approximate surface area is 116 Å². The number of aliphatic carboxylic acids is 1. The Morgan fingerprint density at radius 3 is 2.50 bits per heavy atom. The zero-order valence-corrected chi connectivity index (χ0v) is 10.9. The Morgan fingerprint density at radius 1 is 1.30 bits per heavy atom. The molecule has 0 spiro atoms. The van der Waals surface area contributed by atoms with Crippen LogP contribution in [0.4, 0.5) is 0 Å². The van der Waals surface area contributed by atoms with Gasteiger partial charge >= 0.3 is 11.9 Å². The summed E-state index contributed by atoms with van der Waals surface area (Å²) in [6, 6.07) is 7.76. The van der Waals surface area contributed by atoms with Gasteiger partial charge in [0.25, 0.3) is 0 Å². The van der Waals surface area contributed by atoms with Crippen LogP contribution in [0.1, 0.15) is 12.0 Å². The summed E-state index contributed by atoms with van der Waals surface area (Å²) in [5.41, 5.74) is 0.808. The van der Waals surface area contributed by atoms with Crippen LogP contribution in [0.5, 0.6) is 0 Å². The Morgan fingerprint density at radius 2 is 1.95 bits per heavy atom. The second kappa shape index (κ2) is 7.73. The van der Waals surface area contributed by atoms with E-state index in [0.29, 0.717) is 0 Å². The highest BCUT2D eigenvalue weighted by atomic mass is 16.5. The van der Waals surface area contributed by atoms with Crippen molar-refractivity contribution in [1.82, 2.24) is 5.32 Å². The normalized spacial score (nSPS) is 11.8. The van der Waals surface area contributed by atoms with Crippen molar-refractivity contribution < 1.29 is 24.2 Å². The molecule has 1 amide bonds. The average Bonchev–Trinajstić information content (AvgIpc) is 2.45. The van der Waals surface area contributed by atoms with Gasteiger partial charge in [-0.25, -0.2) is 4.79 Å². The molecule has 2 N–H and O–H groups in total. The van der Waals surface area contributed by atoms with Crippen molar-refractivity contribution >= 4 is 23.9 Å². The summed E-state index contributed by atoms with van der Waals surface area (Å²) in [4.78, 5) is 33.5. The standard InChI is InChI=1S/C14H15NO5/c1-20-13(17)9-11(14(18)19)15-12(16)8-7-10-5-3-2-4-6-10/h2-8,11H,9H2,1H3,(H,15,16)(H,18,19). The maximum atomic E-state index is 11.6. The zero-order valence-electron chi connectivity index (χ0n) is 10.9. The number of methoxy groups -OCH3 is 1. The molecule has 0 aromatic heterocycles. The molecule has 0 fully saturated rings. The Bertz CT molecular complexity index is 510. The average molecular weight is 277 g/mol. The third kappa shape index (κ3) is 5.34. The fraction of sp³-hybridized carbons (Fsp3) is 0.214. The summed E-state index contributed by atoms with van der Waals surface area (Å²) in [6.07, 6.45) is 2.34. The molecular formula is C14H15NO5. The van der Waals surface area contributed by atoms with E-state index < -0.39 is 30.3 Å². The molecular weight excluding hydrogens is 262 g/mol. The van der Waals surface area contributed by atoms with Gasteiger partial charge in [0.05, 0.1) is 13.5 Å². The molecule has 0 bridgehead atoms. The largest absolute Gasteiger partial charge is 0.480 e. The fourth-order valence-electron chi connectivity index (χ4n) is 1.41. The molecule has 0 aliphatic carbocycles. The van der Waals surface area contributed by atoms with Gasteiger partial charge in [-0.3, -0.25) is 9.59 Å². The fourth-order valence-corrected chi connectivity index (χ4v) is 1.41.